The number of esters is 1. The number of ether oxygens (including phenoxy) is 2. The second-order valence-electron chi connectivity index (χ2n) is 10.7. The summed E-state index contributed by atoms with van der Waals surface area (Å²) in [6.45, 7) is 8.15. The molecular weight excluding hydrogens is 537 g/mol. The van der Waals surface area contributed by atoms with E-state index in [4.69, 9.17) is 9.47 Å². The zero-order valence-corrected chi connectivity index (χ0v) is 24.4. The number of hydrogen-bond donors (Lipinski definition) is 0. The number of para-hydroxylation sites is 1. The molecule has 0 aromatic heterocycles. The molecule has 1 atom stereocenters. The fourth-order valence-corrected chi connectivity index (χ4v) is 6.39. The van der Waals surface area contributed by atoms with Crippen molar-refractivity contribution in [3.63, 3.8) is 0 Å². The van der Waals surface area contributed by atoms with Gasteiger partial charge in [-0.3, -0.25) is 4.79 Å². The Kier molecular flexibility index (Phi) is 11.2. The van der Waals surface area contributed by atoms with Crippen LogP contribution in [0.2, 0.25) is 0 Å². The number of piperidine rings is 1. The van der Waals surface area contributed by atoms with Gasteiger partial charge in [0.05, 0.1) is 35.6 Å². The summed E-state index contributed by atoms with van der Waals surface area (Å²) < 4.78 is 51.7. The molecule has 0 amide bonds. The van der Waals surface area contributed by atoms with Crippen molar-refractivity contribution >= 4 is 29.1 Å². The average molecular weight is 579 g/mol. The minimum atomic E-state index is -4.37. The maximum Gasteiger partial charge on any atom is 0.416 e. The summed E-state index contributed by atoms with van der Waals surface area (Å²) in [5.74, 6) is -0.200. The molecule has 2 heterocycles. The predicted octanol–water partition coefficient (Wildman–Crippen LogP) is 7.94. The van der Waals surface area contributed by atoms with Gasteiger partial charge in [0.2, 0.25) is 0 Å². The third kappa shape index (κ3) is 8.40. The first kappa shape index (κ1) is 30.7. The highest BCUT2D eigenvalue weighted by Crippen LogP contribution is 2.49. The van der Waals surface area contributed by atoms with Gasteiger partial charge in [0.1, 0.15) is 6.61 Å². The van der Waals surface area contributed by atoms with E-state index in [1.54, 1.807) is 6.07 Å². The summed E-state index contributed by atoms with van der Waals surface area (Å²) in [7, 11) is 0. The lowest BCUT2D eigenvalue weighted by Gasteiger charge is -2.35. The van der Waals surface area contributed by atoms with Gasteiger partial charge in [0.25, 0.3) is 0 Å². The summed E-state index contributed by atoms with van der Waals surface area (Å²) in [6.07, 6.45) is 2.67. The fraction of sp³-hybridized carbons (Fsp3) is 0.581. The molecule has 1 fully saturated rings. The van der Waals surface area contributed by atoms with Crippen molar-refractivity contribution in [3.05, 3.63) is 48.0 Å². The number of alkyl halides is 3. The largest absolute Gasteiger partial charge is 0.463 e. The van der Waals surface area contributed by atoms with E-state index in [2.05, 4.69) is 11.8 Å². The molecule has 2 aliphatic heterocycles. The normalized spacial score (nSPS) is 16.9. The molecule has 220 valence electrons. The lowest BCUT2D eigenvalue weighted by atomic mass is 10.0. The van der Waals surface area contributed by atoms with Gasteiger partial charge in [-0.2, -0.15) is 13.2 Å². The van der Waals surface area contributed by atoms with Crippen molar-refractivity contribution in [3.8, 4) is 0 Å². The monoisotopic (exact) mass is 578 g/mol. The van der Waals surface area contributed by atoms with Crippen LogP contribution in [0.5, 0.6) is 0 Å². The Morgan fingerprint density at radius 1 is 1.00 bits per heavy atom. The number of hydrogen-bond acceptors (Lipinski definition) is 6. The number of rotatable bonds is 13. The molecule has 0 radical (unpaired) electrons. The molecule has 5 nitrogen and oxygen atoms in total. The van der Waals surface area contributed by atoms with Gasteiger partial charge >= 0.3 is 12.1 Å². The second kappa shape index (κ2) is 14.6. The van der Waals surface area contributed by atoms with Crippen molar-refractivity contribution in [2.45, 2.75) is 80.9 Å². The zero-order chi connectivity index (χ0) is 28.5. The van der Waals surface area contributed by atoms with Crippen molar-refractivity contribution in [1.82, 2.24) is 4.90 Å². The molecule has 0 saturated carbocycles. The molecule has 0 spiro atoms. The van der Waals surface area contributed by atoms with E-state index in [9.17, 15) is 18.0 Å². The quantitative estimate of drug-likeness (QED) is 0.178. The van der Waals surface area contributed by atoms with Crippen LogP contribution in [0.3, 0.4) is 0 Å². The highest BCUT2D eigenvalue weighted by molar-refractivity contribution is 7.99. The molecule has 1 saturated heterocycles. The molecule has 2 aromatic carbocycles. The van der Waals surface area contributed by atoms with E-state index in [0.717, 1.165) is 80.1 Å². The number of unbranched alkanes of at least 4 members (excludes halogenated alkanes) is 2. The average Bonchev–Trinajstić information content (AvgIpc) is 2.95. The van der Waals surface area contributed by atoms with Crippen LogP contribution in [0.15, 0.2) is 52.3 Å². The highest BCUT2D eigenvalue weighted by atomic mass is 32.2. The van der Waals surface area contributed by atoms with Gasteiger partial charge < -0.3 is 19.3 Å². The van der Waals surface area contributed by atoms with Crippen LogP contribution in [-0.4, -0.2) is 56.4 Å². The van der Waals surface area contributed by atoms with Crippen molar-refractivity contribution in [2.75, 3.05) is 44.3 Å². The number of benzene rings is 2. The van der Waals surface area contributed by atoms with Gasteiger partial charge in [-0.15, -0.1) is 0 Å². The molecule has 40 heavy (non-hydrogen) atoms. The summed E-state index contributed by atoms with van der Waals surface area (Å²) in [5, 5.41) is 0. The van der Waals surface area contributed by atoms with E-state index in [-0.39, 0.29) is 18.0 Å². The molecule has 4 rings (SSSR count). The standard InChI is InChI=1S/C31H41F3N2O3S/c1-3-4-5-9-23(2)30(37)39-21-20-38-25-14-18-35(19-15-25)16-8-17-36-26-10-6-7-11-28(26)40-29-13-12-24(22-27(29)36)31(32,33)34/h6-7,10-13,22-23,25H,3-5,8-9,14-21H2,1-2H3. The highest BCUT2D eigenvalue weighted by Gasteiger charge is 2.33. The minimum absolute atomic E-state index is 0.0628. The van der Waals surface area contributed by atoms with Crippen LogP contribution in [0.4, 0.5) is 24.5 Å². The Bertz CT molecular complexity index is 1110. The number of halogens is 3. The SMILES string of the molecule is CCCCCC(C)C(=O)OCCOC1CCN(CCCN2c3ccccc3Sc3ccc(C(F)(F)F)cc32)CC1. The van der Waals surface area contributed by atoms with Crippen molar-refractivity contribution in [1.29, 1.82) is 0 Å². The lowest BCUT2D eigenvalue weighted by Crippen LogP contribution is -2.38. The molecule has 9 heteroatoms. The Morgan fingerprint density at radius 3 is 2.50 bits per heavy atom. The maximum atomic E-state index is 13.5. The van der Waals surface area contributed by atoms with Crippen LogP contribution in [-0.2, 0) is 20.4 Å². The van der Waals surface area contributed by atoms with Gasteiger partial charge in [-0.05, 0) is 62.6 Å². The van der Waals surface area contributed by atoms with Crippen molar-refractivity contribution < 1.29 is 27.4 Å². The molecule has 2 aromatic rings. The molecule has 0 N–H and O–H groups in total. The Morgan fingerprint density at radius 2 is 1.75 bits per heavy atom. The number of carbonyl (C=O) groups is 1. The molecule has 2 aliphatic rings. The van der Waals surface area contributed by atoms with E-state index >= 15 is 0 Å². The number of likely N-dealkylation sites (tertiary alicyclic amines) is 1. The topological polar surface area (TPSA) is 42.0 Å². The third-order valence-corrected chi connectivity index (χ3v) is 8.80. The third-order valence-electron chi connectivity index (χ3n) is 7.67. The van der Waals surface area contributed by atoms with Gasteiger partial charge in [-0.1, -0.05) is 57.0 Å². The number of fused-ring (bicyclic) bond motifs is 2. The number of anilines is 2. The lowest BCUT2D eigenvalue weighted by molar-refractivity contribution is -0.150. The smallest absolute Gasteiger partial charge is 0.416 e. The van der Waals surface area contributed by atoms with Gasteiger partial charge in [0, 0.05) is 29.4 Å². The Hall–Kier alpha value is -2.23. The first-order valence-corrected chi connectivity index (χ1v) is 15.3. The first-order valence-electron chi connectivity index (χ1n) is 14.5. The van der Waals surface area contributed by atoms with Crippen molar-refractivity contribution in [2.24, 2.45) is 5.92 Å². The summed E-state index contributed by atoms with van der Waals surface area (Å²) in [4.78, 5) is 18.5. The maximum absolute atomic E-state index is 13.5. The zero-order valence-electron chi connectivity index (χ0n) is 23.5. The summed E-state index contributed by atoms with van der Waals surface area (Å²) in [5.41, 5.74) is 0.971. The molecule has 0 aliphatic carbocycles. The van der Waals surface area contributed by atoms with E-state index in [0.29, 0.717) is 25.4 Å². The van der Waals surface area contributed by atoms with Gasteiger partial charge in [0.15, 0.2) is 0 Å². The predicted molar refractivity (Wildman–Crippen MR) is 153 cm³/mol. The summed E-state index contributed by atoms with van der Waals surface area (Å²) >= 11 is 1.52. The van der Waals surface area contributed by atoms with Crippen LogP contribution >= 0.6 is 11.8 Å². The van der Waals surface area contributed by atoms with E-state index < -0.39 is 11.7 Å². The van der Waals surface area contributed by atoms with Crippen LogP contribution < -0.4 is 4.90 Å². The molecule has 0 bridgehead atoms. The van der Waals surface area contributed by atoms with E-state index in [1.807, 2.05) is 36.1 Å². The summed E-state index contributed by atoms with van der Waals surface area (Å²) in [6, 6.07) is 11.9. The molecule has 1 unspecified atom stereocenters. The van der Waals surface area contributed by atoms with Gasteiger partial charge in [-0.25, -0.2) is 0 Å². The second-order valence-corrected chi connectivity index (χ2v) is 11.8. The Balaban J connectivity index is 1.20. The van der Waals surface area contributed by atoms with E-state index in [1.165, 1.54) is 23.9 Å². The Labute approximate surface area is 240 Å². The van der Waals surface area contributed by atoms with Crippen LogP contribution in [0.25, 0.3) is 0 Å². The number of nitrogens with zero attached hydrogens (tertiary/aromatic N) is 2. The molecular formula is C31H41F3N2O3S. The number of carbonyl (C=O) groups excluding carboxylic acids is 1. The van der Waals surface area contributed by atoms with Crippen LogP contribution in [0.1, 0.15) is 64.4 Å². The van der Waals surface area contributed by atoms with Crippen LogP contribution in [0, 0.1) is 5.92 Å². The first-order chi connectivity index (χ1) is 19.3. The fourth-order valence-electron chi connectivity index (χ4n) is 5.32. The minimum Gasteiger partial charge on any atom is -0.463 e.